The molecule has 0 bridgehead atoms. The third kappa shape index (κ3) is 1.15. The zero-order chi connectivity index (χ0) is 8.55. The van der Waals surface area contributed by atoms with E-state index in [2.05, 4.69) is 36.1 Å². The Bertz CT molecular complexity index is 230. The number of amidine groups is 1. The Morgan fingerprint density at radius 1 is 1.67 bits per heavy atom. The fourth-order valence-electron chi connectivity index (χ4n) is 2.02. The molecule has 12 heavy (non-hydrogen) atoms. The van der Waals surface area contributed by atoms with Crippen LogP contribution in [0.25, 0.3) is 0 Å². The molecule has 2 unspecified atom stereocenters. The first-order valence-electron chi connectivity index (χ1n) is 4.76. The van der Waals surface area contributed by atoms with Crippen LogP contribution in [0.4, 0.5) is 0 Å². The van der Waals surface area contributed by atoms with Crippen LogP contribution in [0.1, 0.15) is 19.8 Å². The highest BCUT2D eigenvalue weighted by atomic mass is 15.2. The van der Waals surface area contributed by atoms with Gasteiger partial charge in [0.1, 0.15) is 5.84 Å². The smallest absolute Gasteiger partial charge is 0.110 e. The van der Waals surface area contributed by atoms with Gasteiger partial charge < -0.3 is 4.90 Å². The third-order valence-electron chi connectivity index (χ3n) is 2.91. The van der Waals surface area contributed by atoms with Gasteiger partial charge in [0.15, 0.2) is 0 Å². The molecule has 0 fully saturated rings. The number of fused-ring (bicyclic) bond motifs is 1. The number of hydrogen-bond acceptors (Lipinski definition) is 2. The topological polar surface area (TPSA) is 15.6 Å². The first-order valence-corrected chi connectivity index (χ1v) is 4.76. The first kappa shape index (κ1) is 7.84. The normalized spacial score (nSPS) is 33.5. The third-order valence-corrected chi connectivity index (χ3v) is 2.91. The summed E-state index contributed by atoms with van der Waals surface area (Å²) < 4.78 is 0. The van der Waals surface area contributed by atoms with E-state index in [9.17, 15) is 0 Å². The number of hydrogen-bond donors (Lipinski definition) is 0. The van der Waals surface area contributed by atoms with Crippen molar-refractivity contribution in [1.82, 2.24) is 4.90 Å². The first-order chi connectivity index (χ1) is 5.81. The summed E-state index contributed by atoms with van der Waals surface area (Å²) in [5.74, 6) is 2.71. The Hall–Kier alpha value is -0.790. The fourth-order valence-corrected chi connectivity index (χ4v) is 2.02. The molecule has 0 radical (unpaired) electrons. The lowest BCUT2D eigenvalue weighted by atomic mass is 9.90. The molecule has 0 aromatic rings. The molecule has 2 aliphatic rings. The van der Waals surface area contributed by atoms with Gasteiger partial charge in [0, 0.05) is 25.7 Å². The van der Waals surface area contributed by atoms with Crippen molar-refractivity contribution in [2.75, 3.05) is 13.6 Å². The second-order valence-corrected chi connectivity index (χ2v) is 3.77. The minimum absolute atomic E-state index is 0.619. The lowest BCUT2D eigenvalue weighted by Gasteiger charge is -2.25. The Morgan fingerprint density at radius 2 is 2.50 bits per heavy atom. The minimum Gasteiger partial charge on any atom is -0.340 e. The van der Waals surface area contributed by atoms with Crippen LogP contribution in [0.5, 0.6) is 0 Å². The maximum absolute atomic E-state index is 4.60. The van der Waals surface area contributed by atoms with Crippen molar-refractivity contribution >= 4 is 5.84 Å². The van der Waals surface area contributed by atoms with E-state index in [1.54, 1.807) is 0 Å². The van der Waals surface area contributed by atoms with Gasteiger partial charge in [0.05, 0.1) is 0 Å². The van der Waals surface area contributed by atoms with Crippen molar-refractivity contribution in [2.45, 2.75) is 19.8 Å². The summed E-state index contributed by atoms with van der Waals surface area (Å²) in [6.07, 6.45) is 6.99. The Morgan fingerprint density at radius 3 is 3.25 bits per heavy atom. The molecular formula is C10H16N2. The quantitative estimate of drug-likeness (QED) is 0.578. The van der Waals surface area contributed by atoms with Crippen molar-refractivity contribution in [3.8, 4) is 0 Å². The number of rotatable bonds is 1. The Labute approximate surface area is 74.0 Å². The highest BCUT2D eigenvalue weighted by molar-refractivity contribution is 5.89. The van der Waals surface area contributed by atoms with Gasteiger partial charge in [-0.1, -0.05) is 19.4 Å². The summed E-state index contributed by atoms with van der Waals surface area (Å²) in [5, 5.41) is 0. The van der Waals surface area contributed by atoms with Gasteiger partial charge in [0.25, 0.3) is 0 Å². The van der Waals surface area contributed by atoms with Gasteiger partial charge in [-0.05, 0) is 12.3 Å². The standard InChI is InChI=1S/C10H16N2/c1-3-8-6-9-4-5-12(2)10(9)11-7-8/h4-5,8-9H,3,6-7H2,1-2H3. The van der Waals surface area contributed by atoms with E-state index in [1.165, 1.54) is 18.7 Å². The van der Waals surface area contributed by atoms with Gasteiger partial charge >= 0.3 is 0 Å². The van der Waals surface area contributed by atoms with Crippen LogP contribution in [0.3, 0.4) is 0 Å². The molecule has 0 saturated carbocycles. The van der Waals surface area contributed by atoms with E-state index in [0.29, 0.717) is 5.92 Å². The molecule has 0 aromatic carbocycles. The molecular weight excluding hydrogens is 148 g/mol. The van der Waals surface area contributed by atoms with E-state index >= 15 is 0 Å². The van der Waals surface area contributed by atoms with Crippen molar-refractivity contribution in [3.63, 3.8) is 0 Å². The molecule has 2 heteroatoms. The Balaban J connectivity index is 2.13. The summed E-state index contributed by atoms with van der Waals surface area (Å²) in [4.78, 5) is 6.75. The summed E-state index contributed by atoms with van der Waals surface area (Å²) in [7, 11) is 2.08. The van der Waals surface area contributed by atoms with Crippen LogP contribution in [0, 0.1) is 11.8 Å². The zero-order valence-corrected chi connectivity index (χ0v) is 7.83. The molecule has 2 heterocycles. The Kier molecular flexibility index (Phi) is 1.91. The number of aliphatic imine (C=N–C) groups is 1. The molecule has 0 aromatic heterocycles. The lowest BCUT2D eigenvalue weighted by molar-refractivity contribution is 0.429. The second-order valence-electron chi connectivity index (χ2n) is 3.77. The predicted octanol–water partition coefficient (Wildman–Crippen LogP) is 1.89. The van der Waals surface area contributed by atoms with Crippen molar-refractivity contribution in [2.24, 2.45) is 16.8 Å². The van der Waals surface area contributed by atoms with Gasteiger partial charge in [-0.2, -0.15) is 0 Å². The fraction of sp³-hybridized carbons (Fsp3) is 0.700. The molecule has 0 N–H and O–H groups in total. The molecule has 2 aliphatic heterocycles. The summed E-state index contributed by atoms with van der Waals surface area (Å²) in [6, 6.07) is 0. The summed E-state index contributed by atoms with van der Waals surface area (Å²) in [5.41, 5.74) is 0. The molecule has 0 aliphatic carbocycles. The second kappa shape index (κ2) is 2.92. The highest BCUT2D eigenvalue weighted by Crippen LogP contribution is 2.28. The molecule has 2 atom stereocenters. The molecule has 66 valence electrons. The minimum atomic E-state index is 0.619. The predicted molar refractivity (Wildman–Crippen MR) is 51.1 cm³/mol. The monoisotopic (exact) mass is 164 g/mol. The average Bonchev–Trinajstić information content (AvgIpc) is 2.47. The van der Waals surface area contributed by atoms with Crippen molar-refractivity contribution < 1.29 is 0 Å². The van der Waals surface area contributed by atoms with Crippen LogP contribution in [-0.4, -0.2) is 24.3 Å². The maximum atomic E-state index is 4.60. The zero-order valence-electron chi connectivity index (χ0n) is 7.83. The van der Waals surface area contributed by atoms with Gasteiger partial charge in [-0.15, -0.1) is 0 Å². The maximum Gasteiger partial charge on any atom is 0.110 e. The van der Waals surface area contributed by atoms with Crippen LogP contribution in [-0.2, 0) is 0 Å². The molecule has 2 rings (SSSR count). The van der Waals surface area contributed by atoms with E-state index in [1.807, 2.05) is 0 Å². The van der Waals surface area contributed by atoms with E-state index in [0.717, 1.165) is 12.5 Å². The molecule has 0 spiro atoms. The number of nitrogens with zero attached hydrogens (tertiary/aromatic N) is 2. The van der Waals surface area contributed by atoms with Crippen LogP contribution in [0.2, 0.25) is 0 Å². The van der Waals surface area contributed by atoms with Gasteiger partial charge in [-0.25, -0.2) is 0 Å². The summed E-state index contributed by atoms with van der Waals surface area (Å²) >= 11 is 0. The van der Waals surface area contributed by atoms with Crippen molar-refractivity contribution in [1.29, 1.82) is 0 Å². The van der Waals surface area contributed by atoms with E-state index < -0.39 is 0 Å². The lowest BCUT2D eigenvalue weighted by Crippen LogP contribution is -2.29. The van der Waals surface area contributed by atoms with Crippen LogP contribution < -0.4 is 0 Å². The molecule has 0 saturated heterocycles. The van der Waals surface area contributed by atoms with Gasteiger partial charge in [0.2, 0.25) is 0 Å². The largest absolute Gasteiger partial charge is 0.340 e. The van der Waals surface area contributed by atoms with Gasteiger partial charge in [-0.3, -0.25) is 4.99 Å². The SMILES string of the molecule is CCC1CN=C2C(C=CN2C)C1. The average molecular weight is 164 g/mol. The summed E-state index contributed by atoms with van der Waals surface area (Å²) in [6.45, 7) is 3.29. The molecule has 2 nitrogen and oxygen atoms in total. The van der Waals surface area contributed by atoms with E-state index in [4.69, 9.17) is 0 Å². The van der Waals surface area contributed by atoms with E-state index in [-0.39, 0.29) is 0 Å². The van der Waals surface area contributed by atoms with Crippen molar-refractivity contribution in [3.05, 3.63) is 12.3 Å². The highest BCUT2D eigenvalue weighted by Gasteiger charge is 2.27. The van der Waals surface area contributed by atoms with Crippen LogP contribution >= 0.6 is 0 Å². The molecule has 0 amide bonds. The van der Waals surface area contributed by atoms with Crippen LogP contribution in [0.15, 0.2) is 17.3 Å².